The van der Waals surface area contributed by atoms with Crippen LogP contribution >= 0.6 is 0 Å². The Balaban J connectivity index is 1.96. The summed E-state index contributed by atoms with van der Waals surface area (Å²) in [6.07, 6.45) is 0.191. The minimum absolute atomic E-state index is 0.00946. The molecule has 28 heavy (non-hydrogen) atoms. The van der Waals surface area contributed by atoms with Crippen molar-refractivity contribution >= 4 is 5.97 Å². The molecule has 0 aliphatic carbocycles. The van der Waals surface area contributed by atoms with Crippen LogP contribution in [0.2, 0.25) is 0 Å². The van der Waals surface area contributed by atoms with Crippen molar-refractivity contribution in [2.75, 3.05) is 7.11 Å². The van der Waals surface area contributed by atoms with Gasteiger partial charge in [-0.3, -0.25) is 9.36 Å². The summed E-state index contributed by atoms with van der Waals surface area (Å²) in [5.74, 6) is -1.32. The van der Waals surface area contributed by atoms with Gasteiger partial charge in [-0.1, -0.05) is 0 Å². The maximum absolute atomic E-state index is 13.6. The van der Waals surface area contributed by atoms with Crippen LogP contribution in [-0.2, 0) is 24.8 Å². The fourth-order valence-electron chi connectivity index (χ4n) is 2.88. The smallest absolute Gasteiger partial charge is 0.408 e. The summed E-state index contributed by atoms with van der Waals surface area (Å²) in [5.41, 5.74) is 1.97. The first-order valence-corrected chi connectivity index (χ1v) is 8.15. The number of carbonyl (C=O) groups is 1. The summed E-state index contributed by atoms with van der Waals surface area (Å²) >= 11 is 0. The van der Waals surface area contributed by atoms with Crippen LogP contribution in [0.15, 0.2) is 36.8 Å². The zero-order valence-electron chi connectivity index (χ0n) is 15.0. The molecule has 0 fully saturated rings. The van der Waals surface area contributed by atoms with Gasteiger partial charge >= 0.3 is 12.1 Å². The minimum atomic E-state index is -4.37. The van der Waals surface area contributed by atoms with E-state index in [0.717, 1.165) is 10.7 Å². The molecule has 0 N–H and O–H groups in total. The molecule has 0 aliphatic rings. The average Bonchev–Trinajstić information content (AvgIpc) is 3.19. The topological polar surface area (TPSA) is 61.9 Å². The molecule has 0 unspecified atom stereocenters. The molecular formula is C18H16F4N4O2. The molecule has 2 aromatic heterocycles. The molecule has 0 amide bonds. The van der Waals surface area contributed by atoms with Crippen LogP contribution in [-0.4, -0.2) is 38.8 Å². The Morgan fingerprint density at radius 1 is 1.25 bits per heavy atom. The Bertz CT molecular complexity index is 1010. The van der Waals surface area contributed by atoms with Gasteiger partial charge in [-0.25, -0.2) is 9.18 Å². The van der Waals surface area contributed by atoms with Crippen LogP contribution in [0, 0.1) is 5.82 Å². The monoisotopic (exact) mass is 396 g/mol. The second-order valence-corrected chi connectivity index (χ2v) is 6.20. The Labute approximate surface area is 157 Å². The first-order chi connectivity index (χ1) is 13.2. The van der Waals surface area contributed by atoms with Gasteiger partial charge in [0.2, 0.25) is 0 Å². The summed E-state index contributed by atoms with van der Waals surface area (Å²) < 4.78 is 58.2. The third-order valence-electron chi connectivity index (χ3n) is 3.97. The second kappa shape index (κ2) is 7.45. The van der Waals surface area contributed by atoms with Gasteiger partial charge in [0.25, 0.3) is 0 Å². The van der Waals surface area contributed by atoms with Gasteiger partial charge < -0.3 is 4.74 Å². The van der Waals surface area contributed by atoms with E-state index in [1.165, 1.54) is 36.3 Å². The molecule has 3 rings (SSSR count). The van der Waals surface area contributed by atoms with E-state index in [0.29, 0.717) is 22.4 Å². The summed E-state index contributed by atoms with van der Waals surface area (Å²) in [5, 5.41) is 8.05. The summed E-state index contributed by atoms with van der Waals surface area (Å²) in [4.78, 5) is 12.0. The Kier molecular flexibility index (Phi) is 5.21. The number of aryl methyl sites for hydroxylation is 1. The molecule has 0 radical (unpaired) electrons. The number of nitrogens with zero attached hydrogens (tertiary/aromatic N) is 4. The molecule has 0 aliphatic heterocycles. The highest BCUT2D eigenvalue weighted by atomic mass is 19.4. The van der Waals surface area contributed by atoms with E-state index in [4.69, 9.17) is 4.74 Å². The number of aromatic nitrogens is 4. The number of esters is 1. The number of halogens is 4. The van der Waals surface area contributed by atoms with Crippen molar-refractivity contribution < 1.29 is 27.1 Å². The number of ether oxygens (including phenoxy) is 1. The molecule has 0 spiro atoms. The number of benzene rings is 1. The second-order valence-electron chi connectivity index (χ2n) is 6.20. The van der Waals surface area contributed by atoms with Gasteiger partial charge in [-0.2, -0.15) is 23.4 Å². The summed E-state index contributed by atoms with van der Waals surface area (Å²) in [6, 6.07) is 3.67. The van der Waals surface area contributed by atoms with Gasteiger partial charge in [0, 0.05) is 37.0 Å². The summed E-state index contributed by atoms with van der Waals surface area (Å²) in [6.45, 7) is -1.18. The van der Waals surface area contributed by atoms with E-state index in [9.17, 15) is 22.4 Å². The number of hydrogen-bond acceptors (Lipinski definition) is 4. The summed E-state index contributed by atoms with van der Waals surface area (Å²) in [7, 11) is 2.85. The Hall–Kier alpha value is -3.17. The van der Waals surface area contributed by atoms with Crippen molar-refractivity contribution in [3.63, 3.8) is 0 Å². The van der Waals surface area contributed by atoms with Crippen LogP contribution in [0.5, 0.6) is 0 Å². The highest BCUT2D eigenvalue weighted by Gasteiger charge is 2.28. The van der Waals surface area contributed by atoms with Crippen LogP contribution in [0.25, 0.3) is 11.3 Å². The van der Waals surface area contributed by atoms with Crippen molar-refractivity contribution in [2.24, 2.45) is 7.05 Å². The molecule has 10 heteroatoms. The van der Waals surface area contributed by atoms with Crippen molar-refractivity contribution in [1.29, 1.82) is 0 Å². The number of methoxy groups -OCH3 is 1. The van der Waals surface area contributed by atoms with Gasteiger partial charge in [-0.05, 0) is 23.8 Å². The lowest BCUT2D eigenvalue weighted by Crippen LogP contribution is -2.17. The molecule has 1 aromatic carbocycles. The zero-order valence-corrected chi connectivity index (χ0v) is 15.0. The van der Waals surface area contributed by atoms with E-state index in [1.54, 1.807) is 13.2 Å². The third-order valence-corrected chi connectivity index (χ3v) is 3.97. The molecule has 0 bridgehead atoms. The lowest BCUT2D eigenvalue weighted by atomic mass is 9.99. The predicted octanol–water partition coefficient (Wildman–Crippen LogP) is 3.36. The maximum Gasteiger partial charge on any atom is 0.408 e. The van der Waals surface area contributed by atoms with E-state index in [2.05, 4.69) is 10.2 Å². The van der Waals surface area contributed by atoms with Crippen molar-refractivity contribution in [1.82, 2.24) is 19.6 Å². The van der Waals surface area contributed by atoms with Gasteiger partial charge in [0.1, 0.15) is 12.4 Å². The minimum Gasteiger partial charge on any atom is -0.465 e. The quantitative estimate of drug-likeness (QED) is 0.490. The Morgan fingerprint density at radius 3 is 2.68 bits per heavy atom. The average molecular weight is 396 g/mol. The van der Waals surface area contributed by atoms with E-state index in [1.807, 2.05) is 0 Å². The molecule has 0 saturated carbocycles. The molecule has 0 atom stereocenters. The largest absolute Gasteiger partial charge is 0.465 e. The fraction of sp³-hybridized carbons (Fsp3) is 0.278. The van der Waals surface area contributed by atoms with E-state index < -0.39 is 24.5 Å². The SMILES string of the molecule is COC(=O)c1cc(F)ccc1-c1nn(C)cc1Cc1cnn(CC(F)(F)F)c1. The highest BCUT2D eigenvalue weighted by molar-refractivity contribution is 5.97. The molecular weight excluding hydrogens is 380 g/mol. The number of hydrogen-bond donors (Lipinski definition) is 0. The van der Waals surface area contributed by atoms with Gasteiger partial charge in [-0.15, -0.1) is 0 Å². The van der Waals surface area contributed by atoms with Crippen molar-refractivity contribution in [3.05, 3.63) is 59.3 Å². The first kappa shape index (κ1) is 19.6. The lowest BCUT2D eigenvalue weighted by molar-refractivity contribution is -0.142. The van der Waals surface area contributed by atoms with Crippen LogP contribution < -0.4 is 0 Å². The molecule has 2 heterocycles. The lowest BCUT2D eigenvalue weighted by Gasteiger charge is -2.08. The number of rotatable bonds is 5. The third kappa shape index (κ3) is 4.38. The molecule has 148 valence electrons. The standard InChI is InChI=1S/C18H16F4N4O2/c1-25-9-12(5-11-7-23-26(8-11)10-18(20,21)22)16(24-25)14-4-3-13(19)6-15(14)17(27)28-2/h3-4,6-9H,5,10H2,1-2H3. The van der Waals surface area contributed by atoms with Gasteiger partial charge in [0.05, 0.1) is 24.6 Å². The normalized spacial score (nSPS) is 11.6. The maximum atomic E-state index is 13.6. The first-order valence-electron chi connectivity index (χ1n) is 8.15. The van der Waals surface area contributed by atoms with Gasteiger partial charge in [0.15, 0.2) is 0 Å². The van der Waals surface area contributed by atoms with E-state index >= 15 is 0 Å². The predicted molar refractivity (Wildman–Crippen MR) is 91.0 cm³/mol. The van der Waals surface area contributed by atoms with Crippen LogP contribution in [0.3, 0.4) is 0 Å². The molecule has 6 nitrogen and oxygen atoms in total. The zero-order chi connectivity index (χ0) is 20.5. The van der Waals surface area contributed by atoms with E-state index in [-0.39, 0.29) is 12.0 Å². The van der Waals surface area contributed by atoms with Crippen molar-refractivity contribution in [2.45, 2.75) is 19.1 Å². The number of carbonyl (C=O) groups excluding carboxylic acids is 1. The Morgan fingerprint density at radius 2 is 2.00 bits per heavy atom. The highest BCUT2D eigenvalue weighted by Crippen LogP contribution is 2.29. The fourth-order valence-corrected chi connectivity index (χ4v) is 2.88. The molecule has 3 aromatic rings. The van der Waals surface area contributed by atoms with Crippen molar-refractivity contribution in [3.8, 4) is 11.3 Å². The van der Waals surface area contributed by atoms with Crippen LogP contribution in [0.1, 0.15) is 21.5 Å². The molecule has 0 saturated heterocycles. The van der Waals surface area contributed by atoms with Crippen LogP contribution in [0.4, 0.5) is 17.6 Å². The number of alkyl halides is 3.